The quantitative estimate of drug-likeness (QED) is 0.545. The standard InChI is InChI=1S/C11H22O3Si3/c1-16(2)13-11(14-17(3)4)12-15-10-8-6-5-7-9-10/h5-9,11,16-17H,15H2,1-4H3. The smallest absolute Gasteiger partial charge is 0.242 e. The first kappa shape index (κ1) is 14.8. The van der Waals surface area contributed by atoms with Gasteiger partial charge in [0, 0.05) is 0 Å². The third-order valence-electron chi connectivity index (χ3n) is 2.00. The minimum absolute atomic E-state index is 0.416. The maximum atomic E-state index is 5.81. The molecule has 0 N–H and O–H groups in total. The van der Waals surface area contributed by atoms with E-state index in [1.165, 1.54) is 5.19 Å². The molecule has 1 aromatic carbocycles. The van der Waals surface area contributed by atoms with Crippen LogP contribution in [0.1, 0.15) is 0 Å². The van der Waals surface area contributed by atoms with E-state index < -0.39 is 34.3 Å². The molecule has 0 saturated heterocycles. The first-order chi connectivity index (χ1) is 8.08. The molecule has 0 aromatic heterocycles. The fourth-order valence-corrected chi connectivity index (χ4v) is 3.86. The molecule has 0 heterocycles. The molecular weight excluding hydrogens is 264 g/mol. The largest absolute Gasteiger partial charge is 0.376 e. The van der Waals surface area contributed by atoms with Gasteiger partial charge in [0.15, 0.2) is 27.8 Å². The predicted octanol–water partition coefficient (Wildman–Crippen LogP) is 0.696. The van der Waals surface area contributed by atoms with Gasteiger partial charge in [0.2, 0.25) is 6.48 Å². The first-order valence-electron chi connectivity index (χ1n) is 6.04. The molecule has 17 heavy (non-hydrogen) atoms. The maximum Gasteiger partial charge on any atom is 0.242 e. The Morgan fingerprint density at radius 3 is 1.94 bits per heavy atom. The van der Waals surface area contributed by atoms with E-state index in [4.69, 9.17) is 13.3 Å². The molecule has 0 aliphatic carbocycles. The topological polar surface area (TPSA) is 27.7 Å². The molecule has 0 bridgehead atoms. The zero-order chi connectivity index (χ0) is 12.7. The second-order valence-corrected chi connectivity index (χ2v) is 10.6. The van der Waals surface area contributed by atoms with Crippen LogP contribution in [0, 0.1) is 0 Å². The third-order valence-corrected chi connectivity index (χ3v) is 4.77. The van der Waals surface area contributed by atoms with Crippen molar-refractivity contribution < 1.29 is 13.3 Å². The summed E-state index contributed by atoms with van der Waals surface area (Å²) in [7, 11) is -2.99. The summed E-state index contributed by atoms with van der Waals surface area (Å²) in [5.74, 6) is 0. The summed E-state index contributed by atoms with van der Waals surface area (Å²) in [6, 6.07) is 10.3. The Bertz CT molecular complexity index is 296. The SMILES string of the molecule is C[SiH](C)OC(O[SiH2]c1ccccc1)O[SiH](C)C. The minimum Gasteiger partial charge on any atom is -0.376 e. The van der Waals surface area contributed by atoms with Gasteiger partial charge in [-0.25, -0.2) is 0 Å². The summed E-state index contributed by atoms with van der Waals surface area (Å²) in [4.78, 5) is 0. The zero-order valence-electron chi connectivity index (χ0n) is 11.1. The van der Waals surface area contributed by atoms with Crippen molar-refractivity contribution in [3.8, 4) is 0 Å². The van der Waals surface area contributed by atoms with E-state index in [-0.39, 0.29) is 0 Å². The van der Waals surface area contributed by atoms with E-state index in [2.05, 4.69) is 38.3 Å². The number of rotatable bonds is 7. The Kier molecular flexibility index (Phi) is 6.93. The van der Waals surface area contributed by atoms with Gasteiger partial charge in [0.25, 0.3) is 0 Å². The van der Waals surface area contributed by atoms with Gasteiger partial charge < -0.3 is 13.3 Å². The predicted molar refractivity (Wildman–Crippen MR) is 79.4 cm³/mol. The second kappa shape index (κ2) is 7.96. The van der Waals surface area contributed by atoms with E-state index in [9.17, 15) is 0 Å². The van der Waals surface area contributed by atoms with Gasteiger partial charge in [0.1, 0.15) is 0 Å². The Balaban J connectivity index is 2.43. The molecule has 96 valence electrons. The van der Waals surface area contributed by atoms with Crippen molar-refractivity contribution in [2.24, 2.45) is 0 Å². The lowest BCUT2D eigenvalue weighted by Crippen LogP contribution is -2.34. The van der Waals surface area contributed by atoms with Crippen LogP contribution in [0.5, 0.6) is 0 Å². The maximum absolute atomic E-state index is 5.81. The van der Waals surface area contributed by atoms with Crippen LogP contribution in [0.25, 0.3) is 0 Å². The molecule has 3 nitrogen and oxygen atoms in total. The lowest BCUT2D eigenvalue weighted by atomic mass is 10.4. The summed E-state index contributed by atoms with van der Waals surface area (Å²) in [5.41, 5.74) is 0. The average molecular weight is 287 g/mol. The van der Waals surface area contributed by atoms with E-state index >= 15 is 0 Å². The van der Waals surface area contributed by atoms with Gasteiger partial charge in [-0.2, -0.15) is 0 Å². The van der Waals surface area contributed by atoms with Crippen LogP contribution in [-0.4, -0.2) is 34.3 Å². The molecular formula is C11H22O3Si3. The van der Waals surface area contributed by atoms with Gasteiger partial charge in [-0.05, 0) is 31.4 Å². The third kappa shape index (κ3) is 6.92. The molecule has 0 spiro atoms. The fourth-order valence-electron chi connectivity index (χ4n) is 1.29. The summed E-state index contributed by atoms with van der Waals surface area (Å²) in [6.07, 6.45) is 0. The Morgan fingerprint density at radius 1 is 0.941 bits per heavy atom. The Hall–Kier alpha value is -0.249. The average Bonchev–Trinajstić information content (AvgIpc) is 2.26. The van der Waals surface area contributed by atoms with Gasteiger partial charge in [-0.15, -0.1) is 0 Å². The molecule has 1 aromatic rings. The number of hydrogen-bond acceptors (Lipinski definition) is 3. The minimum atomic E-state index is -1.12. The first-order valence-corrected chi connectivity index (χ1v) is 12.9. The summed E-state index contributed by atoms with van der Waals surface area (Å²) in [5, 5.41) is 1.28. The Morgan fingerprint density at radius 2 is 1.47 bits per heavy atom. The highest BCUT2D eigenvalue weighted by molar-refractivity contribution is 6.50. The Labute approximate surface area is 109 Å². The number of benzene rings is 1. The molecule has 0 aliphatic rings. The molecule has 0 saturated carbocycles. The van der Waals surface area contributed by atoms with Gasteiger partial charge >= 0.3 is 0 Å². The van der Waals surface area contributed by atoms with Crippen LogP contribution in [-0.2, 0) is 13.3 Å². The van der Waals surface area contributed by atoms with Crippen LogP contribution in [0.3, 0.4) is 0 Å². The molecule has 6 heteroatoms. The molecule has 0 radical (unpaired) electrons. The summed E-state index contributed by atoms with van der Waals surface area (Å²) < 4.78 is 17.3. The van der Waals surface area contributed by atoms with E-state index in [1.54, 1.807) is 0 Å². The zero-order valence-corrected chi connectivity index (χ0v) is 14.8. The van der Waals surface area contributed by atoms with E-state index in [0.29, 0.717) is 0 Å². The van der Waals surface area contributed by atoms with Crippen molar-refractivity contribution in [2.75, 3.05) is 0 Å². The van der Waals surface area contributed by atoms with E-state index in [1.807, 2.05) is 18.2 Å². The molecule has 0 fully saturated rings. The van der Waals surface area contributed by atoms with Gasteiger partial charge in [0.05, 0.1) is 0 Å². The van der Waals surface area contributed by atoms with Crippen LogP contribution >= 0.6 is 0 Å². The highest BCUT2D eigenvalue weighted by Crippen LogP contribution is 2.02. The molecule has 0 atom stereocenters. The van der Waals surface area contributed by atoms with Crippen molar-refractivity contribution in [3.63, 3.8) is 0 Å². The van der Waals surface area contributed by atoms with E-state index in [0.717, 1.165) is 0 Å². The molecule has 0 aliphatic heterocycles. The van der Waals surface area contributed by atoms with Crippen molar-refractivity contribution in [1.82, 2.24) is 0 Å². The molecule has 1 rings (SSSR count). The van der Waals surface area contributed by atoms with Crippen molar-refractivity contribution in [1.29, 1.82) is 0 Å². The lowest BCUT2D eigenvalue weighted by Gasteiger charge is -2.23. The van der Waals surface area contributed by atoms with Gasteiger partial charge in [-0.3, -0.25) is 0 Å². The second-order valence-electron chi connectivity index (χ2n) is 4.45. The van der Waals surface area contributed by atoms with Crippen LogP contribution in [0.2, 0.25) is 26.2 Å². The number of hydrogen-bond donors (Lipinski definition) is 0. The van der Waals surface area contributed by atoms with Crippen LogP contribution < -0.4 is 5.19 Å². The normalized spacial score (nSPS) is 12.4. The van der Waals surface area contributed by atoms with Crippen molar-refractivity contribution >= 4 is 33.0 Å². The summed E-state index contributed by atoms with van der Waals surface area (Å²) >= 11 is 0. The van der Waals surface area contributed by atoms with Crippen molar-refractivity contribution in [3.05, 3.63) is 30.3 Å². The fraction of sp³-hybridized carbons (Fsp3) is 0.455. The molecule has 0 amide bonds. The van der Waals surface area contributed by atoms with Crippen LogP contribution in [0.4, 0.5) is 0 Å². The van der Waals surface area contributed by atoms with Crippen LogP contribution in [0.15, 0.2) is 30.3 Å². The highest BCUT2D eigenvalue weighted by Gasteiger charge is 2.14. The lowest BCUT2D eigenvalue weighted by molar-refractivity contribution is -0.144. The molecule has 0 unspecified atom stereocenters. The monoisotopic (exact) mass is 286 g/mol. The van der Waals surface area contributed by atoms with Gasteiger partial charge in [-0.1, -0.05) is 30.3 Å². The summed E-state index contributed by atoms with van der Waals surface area (Å²) in [6.45, 7) is 8.11. The van der Waals surface area contributed by atoms with Crippen molar-refractivity contribution in [2.45, 2.75) is 32.7 Å². The highest BCUT2D eigenvalue weighted by atomic mass is 28.3.